The molecule has 1 N–H and O–H groups in total. The van der Waals surface area contributed by atoms with Crippen molar-refractivity contribution >= 4 is 28.9 Å². The SMILES string of the molecule is S=P1(c2ccccc2)C2=C(CCC2)NN=C2CCCC21. The van der Waals surface area contributed by atoms with Crippen LogP contribution in [0.5, 0.6) is 0 Å². The number of hydrazone groups is 1. The number of fused-ring (bicyclic) bond motifs is 1. The first kappa shape index (κ1) is 12.8. The molecule has 1 aromatic rings. The quantitative estimate of drug-likeness (QED) is 0.800. The third-order valence-corrected chi connectivity index (χ3v) is 10.6. The van der Waals surface area contributed by atoms with Crippen LogP contribution < -0.4 is 10.7 Å². The summed E-state index contributed by atoms with van der Waals surface area (Å²) >= 11 is 6.41. The van der Waals surface area contributed by atoms with E-state index in [-0.39, 0.29) is 0 Å². The van der Waals surface area contributed by atoms with Crippen LogP contribution in [0.4, 0.5) is 0 Å². The summed E-state index contributed by atoms with van der Waals surface area (Å²) in [5, 5.41) is 7.66. The fraction of sp³-hybridized carbons (Fsp3) is 0.438. The van der Waals surface area contributed by atoms with Crippen molar-refractivity contribution in [3.05, 3.63) is 41.3 Å². The lowest BCUT2D eigenvalue weighted by Gasteiger charge is -2.30. The summed E-state index contributed by atoms with van der Waals surface area (Å²) in [7, 11) is 0. The minimum atomic E-state index is -1.70. The van der Waals surface area contributed by atoms with Gasteiger partial charge >= 0.3 is 0 Å². The van der Waals surface area contributed by atoms with Gasteiger partial charge in [-0.1, -0.05) is 42.1 Å². The molecule has 3 aliphatic rings. The molecule has 0 aromatic heterocycles. The fourth-order valence-electron chi connectivity index (χ4n) is 3.86. The molecule has 0 radical (unpaired) electrons. The standard InChI is InChI=1S/C16H19N2PS/c20-19(12-6-2-1-3-7-12)15-10-4-8-13(15)17-18-14-9-5-11-16(14)19/h1-3,6-7,15,18H,4-5,8-11H2. The topological polar surface area (TPSA) is 24.4 Å². The zero-order chi connectivity index (χ0) is 13.6. The van der Waals surface area contributed by atoms with Crippen LogP contribution in [0.1, 0.15) is 38.5 Å². The lowest BCUT2D eigenvalue weighted by atomic mass is 10.3. The molecule has 2 aliphatic carbocycles. The first-order valence-corrected chi connectivity index (χ1v) is 10.4. The van der Waals surface area contributed by atoms with Crippen molar-refractivity contribution in [3.63, 3.8) is 0 Å². The second-order valence-corrected chi connectivity index (χ2v) is 10.6. The molecule has 4 rings (SSSR count). The molecule has 4 heteroatoms. The summed E-state index contributed by atoms with van der Waals surface area (Å²) in [6.07, 6.45) is 7.14. The Morgan fingerprint density at radius 3 is 2.80 bits per heavy atom. The minimum absolute atomic E-state index is 0.512. The van der Waals surface area contributed by atoms with E-state index in [2.05, 4.69) is 35.8 Å². The lowest BCUT2D eigenvalue weighted by molar-refractivity contribution is 0.801. The molecule has 0 bridgehead atoms. The van der Waals surface area contributed by atoms with Crippen molar-refractivity contribution < 1.29 is 0 Å². The zero-order valence-electron chi connectivity index (χ0n) is 11.5. The van der Waals surface area contributed by atoms with Crippen molar-refractivity contribution in [1.82, 2.24) is 5.43 Å². The Balaban J connectivity index is 1.94. The van der Waals surface area contributed by atoms with E-state index < -0.39 is 6.04 Å². The molecule has 0 saturated heterocycles. The fourth-order valence-corrected chi connectivity index (χ4v) is 9.38. The number of hydrogen-bond donors (Lipinski definition) is 1. The molecule has 0 amide bonds. The van der Waals surface area contributed by atoms with Crippen molar-refractivity contribution in [2.75, 3.05) is 0 Å². The molecule has 2 atom stereocenters. The molecule has 1 aromatic carbocycles. The molecule has 1 aliphatic heterocycles. The maximum Gasteiger partial charge on any atom is 0.0469 e. The van der Waals surface area contributed by atoms with Gasteiger partial charge in [-0.05, 0) is 49.1 Å². The third kappa shape index (κ3) is 1.76. The number of nitrogens with one attached hydrogen (secondary N) is 1. The van der Waals surface area contributed by atoms with E-state index in [1.165, 1.54) is 42.4 Å². The smallest absolute Gasteiger partial charge is 0.0469 e. The van der Waals surface area contributed by atoms with Gasteiger partial charge in [0.05, 0.1) is 0 Å². The number of allylic oxidation sites excluding steroid dienone is 2. The normalized spacial score (nSPS) is 32.2. The van der Waals surface area contributed by atoms with Crippen molar-refractivity contribution in [3.8, 4) is 0 Å². The highest BCUT2D eigenvalue weighted by Crippen LogP contribution is 2.65. The average Bonchev–Trinajstić information content (AvgIpc) is 3.13. The van der Waals surface area contributed by atoms with Gasteiger partial charge in [0, 0.05) is 23.1 Å². The predicted octanol–water partition coefficient (Wildman–Crippen LogP) is 3.70. The summed E-state index contributed by atoms with van der Waals surface area (Å²) < 4.78 is 0. The van der Waals surface area contributed by atoms with Crippen LogP contribution in [0.3, 0.4) is 0 Å². The molecular weight excluding hydrogens is 283 g/mol. The van der Waals surface area contributed by atoms with E-state index >= 15 is 0 Å². The number of benzene rings is 1. The zero-order valence-corrected chi connectivity index (χ0v) is 13.2. The van der Waals surface area contributed by atoms with Gasteiger partial charge in [0.1, 0.15) is 0 Å². The maximum atomic E-state index is 6.41. The Hall–Kier alpha value is -0.920. The molecule has 1 fully saturated rings. The summed E-state index contributed by atoms with van der Waals surface area (Å²) in [6, 6.07) is 9.19. The van der Waals surface area contributed by atoms with Crippen LogP contribution >= 0.6 is 6.04 Å². The minimum Gasteiger partial charge on any atom is -0.282 e. The Kier molecular flexibility index (Phi) is 3.08. The largest absolute Gasteiger partial charge is 0.282 e. The van der Waals surface area contributed by atoms with Gasteiger partial charge in [-0.2, -0.15) is 5.10 Å². The summed E-state index contributed by atoms with van der Waals surface area (Å²) in [6.45, 7) is 0. The van der Waals surface area contributed by atoms with Crippen LogP contribution in [0.25, 0.3) is 0 Å². The summed E-state index contributed by atoms with van der Waals surface area (Å²) in [4.78, 5) is 0. The van der Waals surface area contributed by atoms with Gasteiger partial charge < -0.3 is 0 Å². The highest BCUT2D eigenvalue weighted by atomic mass is 32.4. The van der Waals surface area contributed by atoms with E-state index in [1.807, 2.05) is 0 Å². The number of rotatable bonds is 1. The van der Waals surface area contributed by atoms with Gasteiger partial charge in [0.2, 0.25) is 0 Å². The third-order valence-electron chi connectivity index (χ3n) is 4.80. The summed E-state index contributed by atoms with van der Waals surface area (Å²) in [5.41, 5.74) is 6.57. The van der Waals surface area contributed by atoms with Crippen LogP contribution in [0, 0.1) is 0 Å². The Labute approximate surface area is 125 Å². The predicted molar refractivity (Wildman–Crippen MR) is 89.4 cm³/mol. The molecular formula is C16H19N2PS. The highest BCUT2D eigenvalue weighted by molar-refractivity contribution is 8.21. The van der Waals surface area contributed by atoms with Gasteiger partial charge in [0.15, 0.2) is 0 Å². The number of nitrogens with zero attached hydrogens (tertiary/aromatic N) is 1. The van der Waals surface area contributed by atoms with E-state index in [4.69, 9.17) is 16.9 Å². The summed E-state index contributed by atoms with van der Waals surface area (Å²) in [5.74, 6) is 0. The highest BCUT2D eigenvalue weighted by Gasteiger charge is 2.43. The average molecular weight is 302 g/mol. The first-order chi connectivity index (χ1) is 9.80. The Morgan fingerprint density at radius 1 is 1.10 bits per heavy atom. The maximum absolute atomic E-state index is 6.41. The van der Waals surface area contributed by atoms with E-state index in [1.54, 1.807) is 5.31 Å². The van der Waals surface area contributed by atoms with Gasteiger partial charge in [0.25, 0.3) is 0 Å². The van der Waals surface area contributed by atoms with Crippen LogP contribution in [0.2, 0.25) is 0 Å². The second kappa shape index (κ2) is 4.82. The van der Waals surface area contributed by atoms with Crippen molar-refractivity contribution in [2.24, 2.45) is 5.10 Å². The van der Waals surface area contributed by atoms with E-state index in [0.29, 0.717) is 5.66 Å². The van der Waals surface area contributed by atoms with Gasteiger partial charge in [-0.25, -0.2) is 0 Å². The van der Waals surface area contributed by atoms with E-state index in [0.717, 1.165) is 12.8 Å². The second-order valence-electron chi connectivity index (χ2n) is 5.90. The lowest BCUT2D eigenvalue weighted by Crippen LogP contribution is -2.21. The van der Waals surface area contributed by atoms with Crippen molar-refractivity contribution in [1.29, 1.82) is 0 Å². The van der Waals surface area contributed by atoms with Crippen LogP contribution in [-0.4, -0.2) is 11.4 Å². The Morgan fingerprint density at radius 2 is 1.95 bits per heavy atom. The molecule has 2 unspecified atom stereocenters. The Bertz CT molecular complexity index is 648. The number of hydrogen-bond acceptors (Lipinski definition) is 3. The molecule has 20 heavy (non-hydrogen) atoms. The first-order valence-electron chi connectivity index (χ1n) is 7.50. The van der Waals surface area contributed by atoms with Crippen LogP contribution in [-0.2, 0) is 11.8 Å². The molecule has 2 nitrogen and oxygen atoms in total. The molecule has 1 saturated carbocycles. The molecule has 0 spiro atoms. The molecule has 1 heterocycles. The van der Waals surface area contributed by atoms with Gasteiger partial charge in [-0.3, -0.25) is 5.43 Å². The van der Waals surface area contributed by atoms with Crippen LogP contribution in [0.15, 0.2) is 46.4 Å². The van der Waals surface area contributed by atoms with Crippen molar-refractivity contribution in [2.45, 2.75) is 44.2 Å². The van der Waals surface area contributed by atoms with E-state index in [9.17, 15) is 0 Å². The molecule has 104 valence electrons. The van der Waals surface area contributed by atoms with Gasteiger partial charge in [-0.15, -0.1) is 0 Å². The monoisotopic (exact) mass is 302 g/mol.